The van der Waals surface area contributed by atoms with Crippen molar-refractivity contribution in [2.24, 2.45) is 4.99 Å². The van der Waals surface area contributed by atoms with Gasteiger partial charge in [0.15, 0.2) is 5.17 Å². The molecule has 0 bridgehead atoms. The Morgan fingerprint density at radius 3 is 2.32 bits per heavy atom. The summed E-state index contributed by atoms with van der Waals surface area (Å²) in [6.07, 6.45) is 2.97. The van der Waals surface area contributed by atoms with E-state index in [1.165, 1.54) is 34.0 Å². The predicted molar refractivity (Wildman–Crippen MR) is 107 cm³/mol. The van der Waals surface area contributed by atoms with E-state index in [1.807, 2.05) is 18.2 Å². The number of carbonyl (C=O) groups is 1. The summed E-state index contributed by atoms with van der Waals surface area (Å²) in [5, 5.41) is 3.49. The molecule has 2 aromatic rings. The normalized spacial score (nSPS) is 17.4. The Bertz CT molecular complexity index is 856. The van der Waals surface area contributed by atoms with Crippen LogP contribution in [-0.4, -0.2) is 11.1 Å². The van der Waals surface area contributed by atoms with E-state index < -0.39 is 0 Å². The van der Waals surface area contributed by atoms with Crippen LogP contribution >= 0.6 is 11.8 Å². The molecule has 1 N–H and O–H groups in total. The zero-order valence-corrected chi connectivity index (χ0v) is 15.8. The predicted octanol–water partition coefficient (Wildman–Crippen LogP) is 5.07. The smallest absolute Gasteiger partial charge is 0.264 e. The van der Waals surface area contributed by atoms with E-state index in [4.69, 9.17) is 0 Å². The highest BCUT2D eigenvalue weighted by molar-refractivity contribution is 8.18. The molecule has 1 aliphatic rings. The maximum atomic E-state index is 12.3. The standard InChI is InChI=1S/C21H22N2OS/c1-5-16-6-8-17(9-7-16)22-21-23-20(24)19(25-21)12-18-14(3)10-13(2)11-15(18)4/h6-12H,5H2,1-4H3,(H,22,23,24)/b19-12-. The molecule has 0 spiro atoms. The Labute approximate surface area is 153 Å². The molecule has 0 unspecified atom stereocenters. The zero-order valence-electron chi connectivity index (χ0n) is 15.0. The molecule has 1 fully saturated rings. The van der Waals surface area contributed by atoms with Crippen molar-refractivity contribution in [3.8, 4) is 0 Å². The molecular formula is C21H22N2OS. The van der Waals surface area contributed by atoms with Gasteiger partial charge in [0.2, 0.25) is 0 Å². The van der Waals surface area contributed by atoms with E-state index >= 15 is 0 Å². The van der Waals surface area contributed by atoms with Gasteiger partial charge in [-0.25, -0.2) is 4.99 Å². The van der Waals surface area contributed by atoms with Crippen LogP contribution in [0.2, 0.25) is 0 Å². The molecule has 0 aliphatic carbocycles. The minimum atomic E-state index is -0.0895. The summed E-state index contributed by atoms with van der Waals surface area (Å²) >= 11 is 1.39. The maximum Gasteiger partial charge on any atom is 0.264 e. The number of carbonyl (C=O) groups excluding carboxylic acids is 1. The average Bonchev–Trinajstić information content (AvgIpc) is 2.91. The van der Waals surface area contributed by atoms with Crippen LogP contribution in [0.15, 0.2) is 46.3 Å². The number of amidine groups is 1. The number of rotatable bonds is 3. The van der Waals surface area contributed by atoms with Crippen LogP contribution in [-0.2, 0) is 11.2 Å². The fourth-order valence-electron chi connectivity index (χ4n) is 2.95. The Kier molecular flexibility index (Phi) is 5.09. The molecule has 1 amide bonds. The molecule has 1 heterocycles. The SMILES string of the molecule is CCc1ccc(N=C2NC(=O)/C(=C/c3c(C)cc(C)cc3C)S2)cc1. The van der Waals surface area contributed by atoms with E-state index in [0.717, 1.165) is 17.7 Å². The average molecular weight is 350 g/mol. The first-order valence-electron chi connectivity index (χ1n) is 8.42. The zero-order chi connectivity index (χ0) is 18.0. The molecule has 0 radical (unpaired) electrons. The third-order valence-corrected chi connectivity index (χ3v) is 5.15. The molecule has 0 atom stereocenters. The van der Waals surface area contributed by atoms with E-state index in [-0.39, 0.29) is 5.91 Å². The number of hydrogen-bond acceptors (Lipinski definition) is 3. The van der Waals surface area contributed by atoms with Gasteiger partial charge in [0.05, 0.1) is 10.6 Å². The Hall–Kier alpha value is -2.33. The first-order chi connectivity index (χ1) is 12.0. The van der Waals surface area contributed by atoms with E-state index in [2.05, 4.69) is 62.3 Å². The number of benzene rings is 2. The van der Waals surface area contributed by atoms with Gasteiger partial charge >= 0.3 is 0 Å². The Morgan fingerprint density at radius 1 is 1.08 bits per heavy atom. The number of nitrogens with zero attached hydrogens (tertiary/aromatic N) is 1. The lowest BCUT2D eigenvalue weighted by atomic mass is 9.99. The highest BCUT2D eigenvalue weighted by atomic mass is 32.2. The highest BCUT2D eigenvalue weighted by Gasteiger charge is 2.24. The maximum absolute atomic E-state index is 12.3. The van der Waals surface area contributed by atoms with Gasteiger partial charge in [-0.2, -0.15) is 0 Å². The number of amides is 1. The van der Waals surface area contributed by atoms with Crippen LogP contribution in [0.4, 0.5) is 5.69 Å². The topological polar surface area (TPSA) is 41.5 Å². The molecule has 4 heteroatoms. The van der Waals surface area contributed by atoms with Crippen molar-refractivity contribution < 1.29 is 4.79 Å². The quantitative estimate of drug-likeness (QED) is 0.786. The molecule has 3 rings (SSSR count). The molecular weight excluding hydrogens is 328 g/mol. The van der Waals surface area contributed by atoms with Crippen LogP contribution in [0.1, 0.15) is 34.7 Å². The second-order valence-electron chi connectivity index (χ2n) is 6.31. The Morgan fingerprint density at radius 2 is 1.72 bits per heavy atom. The van der Waals surface area contributed by atoms with Gasteiger partial charge in [-0.3, -0.25) is 4.79 Å². The van der Waals surface area contributed by atoms with Crippen molar-refractivity contribution in [3.63, 3.8) is 0 Å². The molecule has 0 aromatic heterocycles. The summed E-state index contributed by atoms with van der Waals surface area (Å²) in [6, 6.07) is 12.4. The molecule has 0 saturated carbocycles. The van der Waals surface area contributed by atoms with Gasteiger partial charge in [-0.05, 0) is 79.4 Å². The minimum absolute atomic E-state index is 0.0895. The summed E-state index contributed by atoms with van der Waals surface area (Å²) < 4.78 is 0. The van der Waals surface area contributed by atoms with Gasteiger partial charge in [0, 0.05) is 0 Å². The first-order valence-corrected chi connectivity index (χ1v) is 9.24. The molecule has 3 nitrogen and oxygen atoms in total. The van der Waals surface area contributed by atoms with Crippen molar-refractivity contribution >= 4 is 34.6 Å². The van der Waals surface area contributed by atoms with Gasteiger partial charge < -0.3 is 5.32 Å². The van der Waals surface area contributed by atoms with E-state index in [0.29, 0.717) is 10.1 Å². The second-order valence-corrected chi connectivity index (χ2v) is 7.34. The number of nitrogens with one attached hydrogen (secondary N) is 1. The summed E-state index contributed by atoms with van der Waals surface area (Å²) in [7, 11) is 0. The van der Waals surface area contributed by atoms with Crippen molar-refractivity contribution in [3.05, 3.63) is 69.1 Å². The lowest BCUT2D eigenvalue weighted by molar-refractivity contribution is -0.115. The third kappa shape index (κ3) is 4.02. The van der Waals surface area contributed by atoms with E-state index in [9.17, 15) is 4.79 Å². The molecule has 128 valence electrons. The van der Waals surface area contributed by atoms with Crippen molar-refractivity contribution in [1.82, 2.24) is 5.32 Å². The fraction of sp³-hybridized carbons (Fsp3) is 0.238. The number of thioether (sulfide) groups is 1. The largest absolute Gasteiger partial charge is 0.300 e. The van der Waals surface area contributed by atoms with Crippen molar-refractivity contribution in [1.29, 1.82) is 0 Å². The summed E-state index contributed by atoms with van der Waals surface area (Å²) in [6.45, 7) is 8.37. The lowest BCUT2D eigenvalue weighted by Gasteiger charge is -2.07. The highest BCUT2D eigenvalue weighted by Crippen LogP contribution is 2.30. The Balaban J connectivity index is 1.86. The second kappa shape index (κ2) is 7.28. The molecule has 2 aromatic carbocycles. The summed E-state index contributed by atoms with van der Waals surface area (Å²) in [4.78, 5) is 17.5. The van der Waals surface area contributed by atoms with Crippen LogP contribution in [0, 0.1) is 20.8 Å². The number of aliphatic imine (C=N–C) groups is 1. The number of aryl methyl sites for hydroxylation is 4. The van der Waals surface area contributed by atoms with Crippen LogP contribution in [0.25, 0.3) is 6.08 Å². The van der Waals surface area contributed by atoms with Gasteiger partial charge in [-0.1, -0.05) is 36.8 Å². The summed E-state index contributed by atoms with van der Waals surface area (Å²) in [5.41, 5.74) is 6.83. The first kappa shape index (κ1) is 17.5. The van der Waals surface area contributed by atoms with E-state index in [1.54, 1.807) is 0 Å². The molecule has 1 aliphatic heterocycles. The van der Waals surface area contributed by atoms with Crippen LogP contribution in [0.5, 0.6) is 0 Å². The molecule has 1 saturated heterocycles. The van der Waals surface area contributed by atoms with Gasteiger partial charge in [-0.15, -0.1) is 0 Å². The minimum Gasteiger partial charge on any atom is -0.300 e. The van der Waals surface area contributed by atoms with Crippen molar-refractivity contribution in [2.45, 2.75) is 34.1 Å². The third-order valence-electron chi connectivity index (χ3n) is 4.24. The monoisotopic (exact) mass is 350 g/mol. The lowest BCUT2D eigenvalue weighted by Crippen LogP contribution is -2.19. The van der Waals surface area contributed by atoms with Gasteiger partial charge in [0.25, 0.3) is 5.91 Å². The summed E-state index contributed by atoms with van der Waals surface area (Å²) in [5.74, 6) is -0.0895. The van der Waals surface area contributed by atoms with Crippen LogP contribution < -0.4 is 5.32 Å². The van der Waals surface area contributed by atoms with Crippen LogP contribution in [0.3, 0.4) is 0 Å². The van der Waals surface area contributed by atoms with Gasteiger partial charge in [0.1, 0.15) is 0 Å². The van der Waals surface area contributed by atoms with Crippen molar-refractivity contribution in [2.75, 3.05) is 0 Å². The fourth-order valence-corrected chi connectivity index (χ4v) is 3.78. The molecule has 25 heavy (non-hydrogen) atoms. The number of hydrogen-bond donors (Lipinski definition) is 1.